The summed E-state index contributed by atoms with van der Waals surface area (Å²) in [5.41, 5.74) is 2.81. The van der Waals surface area contributed by atoms with Crippen LogP contribution in [-0.2, 0) is 7.05 Å². The molecule has 4 rings (SSSR count). The van der Waals surface area contributed by atoms with Crippen molar-refractivity contribution >= 4 is 35.9 Å². The molecule has 0 atom stereocenters. The molecular weight excluding hydrogens is 516 g/mol. The SMILES string of the molecule is C=NC=CC(=CC)c1nc(C(=O)c2nc(-c3ccncc3)nc(C(C=CN=C)=CC)[n+]2C)nc(C2=CCNC=C2)n1. The van der Waals surface area contributed by atoms with E-state index in [4.69, 9.17) is 4.98 Å². The summed E-state index contributed by atoms with van der Waals surface area (Å²) >= 11 is 0. The Morgan fingerprint density at radius 2 is 1.56 bits per heavy atom. The summed E-state index contributed by atoms with van der Waals surface area (Å²) in [4.78, 5) is 49.1. The van der Waals surface area contributed by atoms with Crippen molar-refractivity contribution < 1.29 is 9.36 Å². The van der Waals surface area contributed by atoms with Crippen LogP contribution < -0.4 is 9.88 Å². The first-order chi connectivity index (χ1) is 20.0. The molecule has 1 aliphatic rings. The van der Waals surface area contributed by atoms with Crippen LogP contribution in [0.4, 0.5) is 0 Å². The Morgan fingerprint density at radius 1 is 0.902 bits per heavy atom. The summed E-state index contributed by atoms with van der Waals surface area (Å²) in [6.07, 6.45) is 19.1. The molecule has 0 saturated carbocycles. The van der Waals surface area contributed by atoms with Gasteiger partial charge in [-0.1, -0.05) is 28.2 Å². The number of allylic oxidation sites excluding steroid dienone is 8. The number of aliphatic imine (C=N–C) groups is 2. The maximum atomic E-state index is 14.2. The number of carbonyl (C=O) groups is 1. The molecule has 0 spiro atoms. The van der Waals surface area contributed by atoms with E-state index < -0.39 is 5.78 Å². The number of dihydropyridines is 1. The van der Waals surface area contributed by atoms with Crippen molar-refractivity contribution in [1.29, 1.82) is 0 Å². The molecule has 0 aromatic carbocycles. The van der Waals surface area contributed by atoms with E-state index in [0.29, 0.717) is 46.6 Å². The van der Waals surface area contributed by atoms with E-state index in [1.165, 1.54) is 6.20 Å². The Balaban J connectivity index is 1.95. The number of hydrogen-bond acceptors (Lipinski definition) is 10. The van der Waals surface area contributed by atoms with Gasteiger partial charge >= 0.3 is 11.6 Å². The quantitative estimate of drug-likeness (QED) is 0.177. The highest BCUT2D eigenvalue weighted by Gasteiger charge is 2.31. The molecule has 0 unspecified atom stereocenters. The van der Waals surface area contributed by atoms with Crippen molar-refractivity contribution in [2.45, 2.75) is 13.8 Å². The monoisotopic (exact) mass is 545 g/mol. The fraction of sp³-hybridized carbons (Fsp3) is 0.133. The van der Waals surface area contributed by atoms with Gasteiger partial charge in [0.05, 0.1) is 12.6 Å². The summed E-state index contributed by atoms with van der Waals surface area (Å²) in [5, 5.41) is 3.11. The molecule has 1 aliphatic heterocycles. The van der Waals surface area contributed by atoms with Gasteiger partial charge in [0.15, 0.2) is 11.6 Å². The lowest BCUT2D eigenvalue weighted by molar-refractivity contribution is -0.681. The third kappa shape index (κ3) is 6.53. The lowest BCUT2D eigenvalue weighted by Gasteiger charge is -2.11. The van der Waals surface area contributed by atoms with E-state index in [9.17, 15) is 4.79 Å². The highest BCUT2D eigenvalue weighted by atomic mass is 16.1. The van der Waals surface area contributed by atoms with Gasteiger partial charge in [0.2, 0.25) is 5.82 Å². The van der Waals surface area contributed by atoms with Crippen molar-refractivity contribution in [3.8, 4) is 11.4 Å². The zero-order valence-corrected chi connectivity index (χ0v) is 23.1. The molecule has 3 aromatic rings. The van der Waals surface area contributed by atoms with E-state index in [1.807, 2.05) is 38.2 Å². The van der Waals surface area contributed by atoms with Crippen molar-refractivity contribution in [2.75, 3.05) is 6.54 Å². The Kier molecular flexibility index (Phi) is 9.34. The lowest BCUT2D eigenvalue weighted by atomic mass is 10.1. The third-order valence-electron chi connectivity index (χ3n) is 5.98. The molecule has 41 heavy (non-hydrogen) atoms. The number of carbonyl (C=O) groups excluding carboxylic acids is 1. The second-order valence-electron chi connectivity index (χ2n) is 8.51. The number of aromatic nitrogens is 7. The third-order valence-corrected chi connectivity index (χ3v) is 5.98. The van der Waals surface area contributed by atoms with Crippen molar-refractivity contribution in [3.63, 3.8) is 0 Å². The van der Waals surface area contributed by atoms with Crippen molar-refractivity contribution in [1.82, 2.24) is 35.2 Å². The van der Waals surface area contributed by atoms with Crippen LogP contribution in [-0.4, -0.2) is 55.7 Å². The predicted molar refractivity (Wildman–Crippen MR) is 159 cm³/mol. The average molecular weight is 546 g/mol. The summed E-state index contributed by atoms with van der Waals surface area (Å²) < 4.78 is 1.61. The predicted octanol–water partition coefficient (Wildman–Crippen LogP) is 3.51. The van der Waals surface area contributed by atoms with E-state index >= 15 is 0 Å². The summed E-state index contributed by atoms with van der Waals surface area (Å²) in [6.45, 7) is 11.3. The van der Waals surface area contributed by atoms with E-state index in [2.05, 4.69) is 53.7 Å². The Morgan fingerprint density at radius 3 is 2.20 bits per heavy atom. The van der Waals surface area contributed by atoms with Gasteiger partial charge < -0.3 is 5.32 Å². The summed E-state index contributed by atoms with van der Waals surface area (Å²) in [6, 6.07) is 3.55. The van der Waals surface area contributed by atoms with Crippen LogP contribution in [0.3, 0.4) is 0 Å². The molecule has 0 saturated heterocycles. The second kappa shape index (κ2) is 13.5. The van der Waals surface area contributed by atoms with Crippen LogP contribution in [0.5, 0.6) is 0 Å². The van der Waals surface area contributed by atoms with Gasteiger partial charge in [-0.2, -0.15) is 0 Å². The standard InChI is InChI=1S/C30H29N10O/c1-6-20(8-14-31-3)25-35-26(22-10-16-33-17-11-22)37-28(36-25)24(41)30-39-27(23-12-18-34-19-13-23)38-29(40(30)5)21(7-2)9-15-32-4/h6-16,18-19,33H,3-4,17H2,1-2,5H3/q+1. The average Bonchev–Trinajstić information content (AvgIpc) is 3.02. The zero-order chi connectivity index (χ0) is 29.2. The smallest absolute Gasteiger partial charge is 0.318 e. The minimum absolute atomic E-state index is 0.0663. The van der Waals surface area contributed by atoms with Gasteiger partial charge in [-0.15, -0.1) is 0 Å². The van der Waals surface area contributed by atoms with Crippen molar-refractivity contribution in [2.24, 2.45) is 17.0 Å². The van der Waals surface area contributed by atoms with E-state index in [-0.39, 0.29) is 11.6 Å². The molecule has 1 N–H and O–H groups in total. The molecule has 11 nitrogen and oxygen atoms in total. The fourth-order valence-corrected chi connectivity index (χ4v) is 3.89. The molecule has 204 valence electrons. The molecule has 11 heteroatoms. The van der Waals surface area contributed by atoms with Gasteiger partial charge in [0, 0.05) is 48.1 Å². The maximum Gasteiger partial charge on any atom is 0.318 e. The van der Waals surface area contributed by atoms with Gasteiger partial charge in [0.25, 0.3) is 11.6 Å². The Labute approximate surface area is 238 Å². The minimum Gasteiger partial charge on any atom is -0.387 e. The largest absolute Gasteiger partial charge is 0.387 e. The topological polar surface area (TPSA) is 135 Å². The number of nitrogens with zero attached hydrogens (tertiary/aromatic N) is 9. The van der Waals surface area contributed by atoms with Gasteiger partial charge in [-0.05, 0) is 63.8 Å². The molecule has 0 bridgehead atoms. The van der Waals surface area contributed by atoms with Crippen molar-refractivity contribution in [3.05, 3.63) is 109 Å². The number of rotatable bonds is 10. The Bertz CT molecular complexity index is 1660. The van der Waals surface area contributed by atoms with Crippen LogP contribution >= 0.6 is 0 Å². The van der Waals surface area contributed by atoms with Crippen LogP contribution in [0.1, 0.15) is 47.8 Å². The van der Waals surface area contributed by atoms with Crippen LogP contribution in [0.15, 0.2) is 89.6 Å². The number of pyridine rings is 1. The first-order valence-electron chi connectivity index (χ1n) is 12.7. The van der Waals surface area contributed by atoms with Crippen LogP contribution in [0, 0.1) is 0 Å². The summed E-state index contributed by atoms with van der Waals surface area (Å²) in [5.74, 6) is 1.02. The maximum absolute atomic E-state index is 14.2. The van der Waals surface area contributed by atoms with E-state index in [1.54, 1.807) is 60.7 Å². The number of nitrogens with one attached hydrogen (secondary N) is 1. The summed E-state index contributed by atoms with van der Waals surface area (Å²) in [7, 11) is 1.72. The second-order valence-corrected chi connectivity index (χ2v) is 8.51. The zero-order valence-electron chi connectivity index (χ0n) is 23.1. The molecule has 0 aliphatic carbocycles. The number of hydrogen-bond donors (Lipinski definition) is 1. The fourth-order valence-electron chi connectivity index (χ4n) is 3.89. The Hall–Kier alpha value is -5.58. The minimum atomic E-state index is -0.502. The first-order valence-corrected chi connectivity index (χ1v) is 12.7. The van der Waals surface area contributed by atoms with Gasteiger partial charge in [-0.25, -0.2) is 19.5 Å². The molecule has 0 amide bonds. The molecule has 0 radical (unpaired) electrons. The molecule has 3 aromatic heterocycles. The molecule has 0 fully saturated rings. The normalized spacial score (nSPS) is 13.8. The van der Waals surface area contributed by atoms with Crippen LogP contribution in [0.25, 0.3) is 28.1 Å². The number of ketones is 1. The van der Waals surface area contributed by atoms with Gasteiger partial charge in [0.1, 0.15) is 0 Å². The van der Waals surface area contributed by atoms with Crippen LogP contribution in [0.2, 0.25) is 0 Å². The van der Waals surface area contributed by atoms with E-state index in [0.717, 1.165) is 5.57 Å². The molecule has 4 heterocycles. The lowest BCUT2D eigenvalue weighted by Crippen LogP contribution is -2.43. The molecular formula is C30H29N10O+. The highest BCUT2D eigenvalue weighted by Crippen LogP contribution is 2.21. The first kappa shape index (κ1) is 28.4. The highest BCUT2D eigenvalue weighted by molar-refractivity contribution is 6.03. The van der Waals surface area contributed by atoms with Gasteiger partial charge in [-0.3, -0.25) is 19.8 Å².